The van der Waals surface area contributed by atoms with Crippen molar-refractivity contribution in [2.45, 2.75) is 17.4 Å². The number of thiazole rings is 1. The van der Waals surface area contributed by atoms with Crippen LogP contribution in [0.15, 0.2) is 58.4 Å². The van der Waals surface area contributed by atoms with Crippen LogP contribution in [-0.2, 0) is 9.59 Å². The van der Waals surface area contributed by atoms with E-state index >= 15 is 0 Å². The van der Waals surface area contributed by atoms with Gasteiger partial charge in [-0.1, -0.05) is 35.1 Å². The van der Waals surface area contributed by atoms with Gasteiger partial charge in [-0.25, -0.2) is 4.90 Å². The second kappa shape index (κ2) is 7.79. The van der Waals surface area contributed by atoms with Gasteiger partial charge in [-0.2, -0.15) is 0 Å². The monoisotopic (exact) mass is 485 g/mol. The lowest BCUT2D eigenvalue weighted by molar-refractivity contribution is -0.125. The number of halogens is 1. The lowest BCUT2D eigenvalue weighted by Gasteiger charge is -2.38. The Morgan fingerprint density at radius 1 is 1.06 bits per heavy atom. The van der Waals surface area contributed by atoms with E-state index in [9.17, 15) is 14.4 Å². The Morgan fingerprint density at radius 3 is 2.41 bits per heavy atom. The Hall–Kier alpha value is -2.55. The van der Waals surface area contributed by atoms with Crippen LogP contribution in [-0.4, -0.2) is 36.6 Å². The molecule has 2 amide bonds. The van der Waals surface area contributed by atoms with Gasteiger partial charge in [-0.3, -0.25) is 14.4 Å². The molecule has 164 valence electrons. The fourth-order valence-corrected chi connectivity index (χ4v) is 7.23. The topological polar surface area (TPSA) is 73.5 Å². The molecule has 1 fully saturated rings. The van der Waals surface area contributed by atoms with Crippen molar-refractivity contribution in [3.8, 4) is 0 Å². The lowest BCUT2D eigenvalue weighted by atomic mass is 9.71. The zero-order chi connectivity index (χ0) is 22.6. The molecular weight excluding hydrogens is 466 g/mol. The first kappa shape index (κ1) is 21.3. The summed E-state index contributed by atoms with van der Waals surface area (Å²) in [5.41, 5.74) is 1.51. The molecule has 5 rings (SSSR count). The summed E-state index contributed by atoms with van der Waals surface area (Å²) in [5, 5.41) is 1.33. The van der Waals surface area contributed by atoms with Crippen molar-refractivity contribution in [3.63, 3.8) is 0 Å². The Morgan fingerprint density at radius 2 is 1.75 bits per heavy atom. The fourth-order valence-electron chi connectivity index (χ4n) is 4.54. The Bertz CT molecular complexity index is 1270. The van der Waals surface area contributed by atoms with Gasteiger partial charge in [0.2, 0.25) is 11.8 Å². The molecule has 2 atom stereocenters. The third kappa shape index (κ3) is 3.29. The first-order valence-corrected chi connectivity index (χ1v) is 12.2. The van der Waals surface area contributed by atoms with E-state index in [-0.39, 0.29) is 29.0 Å². The van der Waals surface area contributed by atoms with Gasteiger partial charge in [-0.05, 0) is 42.0 Å². The molecule has 0 bridgehead atoms. The highest BCUT2D eigenvalue weighted by Crippen LogP contribution is 2.57. The number of amides is 2. The molecule has 0 radical (unpaired) electrons. The van der Waals surface area contributed by atoms with Crippen molar-refractivity contribution in [1.82, 2.24) is 4.98 Å². The molecule has 32 heavy (non-hydrogen) atoms. The van der Waals surface area contributed by atoms with Crippen molar-refractivity contribution < 1.29 is 9.59 Å². The summed E-state index contributed by atoms with van der Waals surface area (Å²) in [4.78, 5) is 46.2. The van der Waals surface area contributed by atoms with E-state index in [0.29, 0.717) is 16.5 Å². The number of fused-ring (bicyclic) bond motifs is 1. The van der Waals surface area contributed by atoms with Crippen LogP contribution in [0.4, 0.5) is 11.4 Å². The molecule has 2 aromatic carbocycles. The Balaban J connectivity index is 1.64. The van der Waals surface area contributed by atoms with Gasteiger partial charge in [0.05, 0.1) is 16.1 Å². The quantitative estimate of drug-likeness (QED) is 0.558. The predicted molar refractivity (Wildman–Crippen MR) is 129 cm³/mol. The van der Waals surface area contributed by atoms with E-state index in [4.69, 9.17) is 11.6 Å². The van der Waals surface area contributed by atoms with Gasteiger partial charge in [0.15, 0.2) is 0 Å². The number of aromatic amines is 1. The van der Waals surface area contributed by atoms with E-state index in [1.165, 1.54) is 16.7 Å². The van der Waals surface area contributed by atoms with E-state index in [0.717, 1.165) is 32.5 Å². The third-order valence-electron chi connectivity index (χ3n) is 6.10. The number of carbonyl (C=O) groups is 2. The van der Waals surface area contributed by atoms with Crippen LogP contribution >= 0.6 is 34.7 Å². The molecule has 1 saturated heterocycles. The van der Waals surface area contributed by atoms with Crippen LogP contribution in [0.3, 0.4) is 0 Å². The maximum absolute atomic E-state index is 13.9. The number of carbonyl (C=O) groups excluding carboxylic acids is 2. The highest BCUT2D eigenvalue weighted by Gasteiger charge is 2.59. The molecule has 2 aliphatic heterocycles. The average molecular weight is 486 g/mol. The summed E-state index contributed by atoms with van der Waals surface area (Å²) in [7, 11) is 3.93. The first-order valence-electron chi connectivity index (χ1n) is 10.1. The van der Waals surface area contributed by atoms with Gasteiger partial charge in [0.25, 0.3) is 0 Å². The van der Waals surface area contributed by atoms with Crippen molar-refractivity contribution in [2.75, 3.05) is 29.6 Å². The molecule has 1 spiro atoms. The van der Waals surface area contributed by atoms with Gasteiger partial charge in [0, 0.05) is 47.8 Å². The lowest BCUT2D eigenvalue weighted by Crippen LogP contribution is -2.43. The van der Waals surface area contributed by atoms with Crippen LogP contribution in [0.2, 0.25) is 5.02 Å². The predicted octanol–water partition coefficient (Wildman–Crippen LogP) is 4.34. The minimum Gasteiger partial charge on any atom is -0.378 e. The molecule has 2 aliphatic rings. The molecular formula is C23H20ClN3O3S2. The maximum Gasteiger partial charge on any atom is 0.305 e. The third-order valence-corrected chi connectivity index (χ3v) is 8.70. The summed E-state index contributed by atoms with van der Waals surface area (Å²) >= 11 is 8.57. The van der Waals surface area contributed by atoms with E-state index in [1.807, 2.05) is 43.3 Å². The van der Waals surface area contributed by atoms with Crippen LogP contribution < -0.4 is 14.7 Å². The normalized spacial score (nSPS) is 22.5. The number of anilines is 2. The summed E-state index contributed by atoms with van der Waals surface area (Å²) in [6, 6.07) is 14.7. The second-order valence-corrected chi connectivity index (χ2v) is 10.7. The van der Waals surface area contributed by atoms with Gasteiger partial charge in [0.1, 0.15) is 0 Å². The molecule has 9 heteroatoms. The number of hydrogen-bond acceptors (Lipinski definition) is 6. The summed E-state index contributed by atoms with van der Waals surface area (Å²) in [6.45, 7) is 0. The van der Waals surface area contributed by atoms with Crippen LogP contribution in [0.25, 0.3) is 0 Å². The molecule has 1 aromatic heterocycles. The highest BCUT2D eigenvalue weighted by atomic mass is 35.5. The molecule has 0 aliphatic carbocycles. The molecule has 3 aromatic rings. The van der Waals surface area contributed by atoms with Crippen LogP contribution in [0, 0.1) is 5.41 Å². The number of hydrogen-bond donors (Lipinski definition) is 1. The van der Waals surface area contributed by atoms with Gasteiger partial charge >= 0.3 is 4.87 Å². The Kier molecular flexibility index (Phi) is 5.19. The summed E-state index contributed by atoms with van der Waals surface area (Å²) < 4.78 is 0. The zero-order valence-electron chi connectivity index (χ0n) is 17.4. The number of imide groups is 1. The number of aromatic nitrogens is 1. The van der Waals surface area contributed by atoms with E-state index in [2.05, 4.69) is 4.98 Å². The number of benzene rings is 2. The molecule has 0 saturated carbocycles. The summed E-state index contributed by atoms with van der Waals surface area (Å²) in [5.74, 6) is -0.432. The van der Waals surface area contributed by atoms with Gasteiger partial charge in [-0.15, -0.1) is 11.8 Å². The zero-order valence-corrected chi connectivity index (χ0v) is 19.8. The number of nitrogens with zero attached hydrogens (tertiary/aromatic N) is 2. The molecule has 0 unspecified atom stereocenters. The SMILES string of the molecule is CN(C)c1ccc([C@H]2c3sc(=O)[nH]c3SC[C@]23CC(=O)N(c2ccc(Cl)cc2)C3=O)cc1. The summed E-state index contributed by atoms with van der Waals surface area (Å²) in [6.07, 6.45) is 0.0904. The number of H-pyrrole nitrogens is 1. The standard InChI is InChI=1S/C23H20ClN3O3S2/c1-26(2)15-7-3-13(4-8-15)18-19-20(25-22(30)32-19)31-12-23(18)11-17(28)27(21(23)29)16-9-5-14(24)6-10-16/h3-10,18H,11-12H2,1-2H3,(H,25,30)/t18-,23+/m0/s1. The van der Waals surface area contributed by atoms with E-state index < -0.39 is 5.41 Å². The molecule has 1 N–H and O–H groups in total. The number of rotatable bonds is 3. The first-order chi connectivity index (χ1) is 15.3. The van der Waals surface area contributed by atoms with Gasteiger partial charge < -0.3 is 9.88 Å². The Labute approximate surface area is 198 Å². The number of nitrogens with one attached hydrogen (secondary N) is 1. The fraction of sp³-hybridized carbons (Fsp3) is 0.261. The molecule has 3 heterocycles. The smallest absolute Gasteiger partial charge is 0.305 e. The average Bonchev–Trinajstić information content (AvgIpc) is 3.25. The van der Waals surface area contributed by atoms with Crippen molar-refractivity contribution in [3.05, 3.63) is 73.7 Å². The van der Waals surface area contributed by atoms with Crippen molar-refractivity contribution >= 4 is 57.9 Å². The highest BCUT2D eigenvalue weighted by molar-refractivity contribution is 7.99. The minimum atomic E-state index is -0.959. The van der Waals surface area contributed by atoms with E-state index in [1.54, 1.807) is 24.3 Å². The van der Waals surface area contributed by atoms with Crippen LogP contribution in [0.1, 0.15) is 22.8 Å². The van der Waals surface area contributed by atoms with Crippen LogP contribution in [0.5, 0.6) is 0 Å². The largest absolute Gasteiger partial charge is 0.378 e. The minimum absolute atomic E-state index is 0.0904. The number of thioether (sulfide) groups is 1. The second-order valence-electron chi connectivity index (χ2n) is 8.26. The maximum atomic E-state index is 13.9. The molecule has 6 nitrogen and oxygen atoms in total. The van der Waals surface area contributed by atoms with Crippen molar-refractivity contribution in [2.24, 2.45) is 5.41 Å². The van der Waals surface area contributed by atoms with Crippen molar-refractivity contribution in [1.29, 1.82) is 0 Å².